The molecule has 11 heteroatoms. The summed E-state index contributed by atoms with van der Waals surface area (Å²) in [5, 5.41) is 10.9. The lowest BCUT2D eigenvalue weighted by molar-refractivity contribution is -0.126. The summed E-state index contributed by atoms with van der Waals surface area (Å²) in [6.45, 7) is 5.63. The van der Waals surface area contributed by atoms with Crippen LogP contribution >= 0.6 is 23.2 Å². The monoisotopic (exact) mass is 497 g/mol. The van der Waals surface area contributed by atoms with E-state index in [9.17, 15) is 9.59 Å². The number of halogens is 2. The Balaban J connectivity index is 2.35. The van der Waals surface area contributed by atoms with E-state index >= 15 is 0 Å². The highest BCUT2D eigenvalue weighted by Gasteiger charge is 2.25. The lowest BCUT2D eigenvalue weighted by Crippen LogP contribution is -2.32. The van der Waals surface area contributed by atoms with Crippen molar-refractivity contribution in [2.75, 3.05) is 32.8 Å². The van der Waals surface area contributed by atoms with E-state index in [2.05, 4.69) is 15.5 Å². The van der Waals surface area contributed by atoms with Gasteiger partial charge in [0.2, 0.25) is 6.04 Å². The number of benzene rings is 2. The zero-order valence-corrected chi connectivity index (χ0v) is 20.4. The number of anilines is 1. The highest BCUT2D eigenvalue weighted by molar-refractivity contribution is 6.34. The summed E-state index contributed by atoms with van der Waals surface area (Å²) in [4.78, 5) is 25.0. The van der Waals surface area contributed by atoms with Crippen LogP contribution in [0.2, 0.25) is 10.0 Å². The fraction of sp³-hybridized carbons (Fsp3) is 0.364. The molecule has 0 heterocycles. The van der Waals surface area contributed by atoms with Crippen LogP contribution in [0.3, 0.4) is 0 Å². The molecule has 0 saturated carbocycles. The van der Waals surface area contributed by atoms with Crippen LogP contribution in [0.4, 0.5) is 11.4 Å². The Morgan fingerprint density at radius 2 is 1.73 bits per heavy atom. The zero-order chi connectivity index (χ0) is 24.5. The van der Waals surface area contributed by atoms with Gasteiger partial charge in [-0.3, -0.25) is 9.59 Å². The molecule has 1 amide bonds. The molecule has 0 aliphatic carbocycles. The Morgan fingerprint density at radius 1 is 1.03 bits per heavy atom. The van der Waals surface area contributed by atoms with Crippen LogP contribution in [0, 0.1) is 0 Å². The molecule has 0 saturated heterocycles. The first-order chi connectivity index (χ1) is 15.8. The van der Waals surface area contributed by atoms with Gasteiger partial charge in [-0.25, -0.2) is 0 Å². The summed E-state index contributed by atoms with van der Waals surface area (Å²) in [6.07, 6.45) is 0. The van der Waals surface area contributed by atoms with Crippen molar-refractivity contribution in [1.82, 2.24) is 0 Å². The average molecular weight is 498 g/mol. The van der Waals surface area contributed by atoms with Crippen LogP contribution < -0.4 is 24.3 Å². The first-order valence-electron chi connectivity index (χ1n) is 9.99. The molecule has 0 bridgehead atoms. The maximum absolute atomic E-state index is 12.8. The molecule has 0 aliphatic heterocycles. The zero-order valence-electron chi connectivity index (χ0n) is 18.9. The van der Waals surface area contributed by atoms with Crippen molar-refractivity contribution in [1.29, 1.82) is 0 Å². The van der Waals surface area contributed by atoms with Crippen LogP contribution in [0.15, 0.2) is 34.5 Å². The molecule has 1 N–H and O–H groups in total. The molecule has 0 aliphatic rings. The van der Waals surface area contributed by atoms with E-state index in [4.69, 9.17) is 42.1 Å². The SMILES string of the molecule is CCOc1ccc(N=NC(C(C)=O)C(=O)Nc2cc(OC)cc(Cl)c2OC)c(Cl)c1OCC. The number of Topliss-reactive ketones (excluding diaryl/α,β-unsaturated/α-hetero) is 1. The van der Waals surface area contributed by atoms with Crippen LogP contribution in [-0.2, 0) is 9.59 Å². The van der Waals surface area contributed by atoms with Crippen LogP contribution in [0.25, 0.3) is 0 Å². The van der Waals surface area contributed by atoms with Gasteiger partial charge < -0.3 is 24.3 Å². The van der Waals surface area contributed by atoms with Crippen molar-refractivity contribution >= 4 is 46.3 Å². The second-order valence-electron chi connectivity index (χ2n) is 6.50. The standard InChI is InChI=1S/C22H25Cl2N3O6/c1-6-32-17-9-8-15(18(24)21(17)33-7-2)26-27-19(12(3)28)22(29)25-16-11-13(30-4)10-14(23)20(16)31-5/h8-11,19H,6-7H2,1-5H3,(H,25,29). The number of nitrogens with zero attached hydrogens (tertiary/aromatic N) is 2. The number of hydrogen-bond donors (Lipinski definition) is 1. The second kappa shape index (κ2) is 12.3. The van der Waals surface area contributed by atoms with Crippen LogP contribution in [-0.4, -0.2) is 45.2 Å². The van der Waals surface area contributed by atoms with Gasteiger partial charge in [0, 0.05) is 12.1 Å². The van der Waals surface area contributed by atoms with Gasteiger partial charge in [0.1, 0.15) is 16.5 Å². The highest BCUT2D eigenvalue weighted by Crippen LogP contribution is 2.42. The molecule has 2 aromatic rings. The third-order valence-electron chi connectivity index (χ3n) is 4.26. The number of methoxy groups -OCH3 is 2. The molecular formula is C22H25Cl2N3O6. The molecular weight excluding hydrogens is 473 g/mol. The van der Waals surface area contributed by atoms with Gasteiger partial charge in [0.25, 0.3) is 5.91 Å². The number of rotatable bonds is 11. The lowest BCUT2D eigenvalue weighted by Gasteiger charge is -2.15. The van der Waals surface area contributed by atoms with E-state index < -0.39 is 17.7 Å². The summed E-state index contributed by atoms with van der Waals surface area (Å²) in [6, 6.07) is 4.77. The molecule has 1 atom stereocenters. The number of carbonyl (C=O) groups excluding carboxylic acids is 2. The quantitative estimate of drug-likeness (QED) is 0.324. The van der Waals surface area contributed by atoms with Gasteiger partial charge in [-0.1, -0.05) is 23.2 Å². The van der Waals surface area contributed by atoms with Gasteiger partial charge in [-0.05, 0) is 32.9 Å². The largest absolute Gasteiger partial charge is 0.497 e. The van der Waals surface area contributed by atoms with E-state index in [0.29, 0.717) is 30.5 Å². The smallest absolute Gasteiger partial charge is 0.258 e. The van der Waals surface area contributed by atoms with Gasteiger partial charge in [-0.2, -0.15) is 10.2 Å². The molecule has 2 rings (SSSR count). The summed E-state index contributed by atoms with van der Waals surface area (Å²) in [7, 11) is 2.85. The maximum Gasteiger partial charge on any atom is 0.258 e. The van der Waals surface area contributed by atoms with E-state index in [1.807, 2.05) is 6.92 Å². The topological polar surface area (TPSA) is 108 Å². The molecule has 0 aromatic heterocycles. The molecule has 0 spiro atoms. The number of azo groups is 1. The minimum Gasteiger partial charge on any atom is -0.497 e. The Morgan fingerprint density at radius 3 is 2.30 bits per heavy atom. The van der Waals surface area contributed by atoms with E-state index in [1.165, 1.54) is 33.3 Å². The number of hydrogen-bond acceptors (Lipinski definition) is 8. The van der Waals surface area contributed by atoms with Crippen molar-refractivity contribution in [3.8, 4) is 23.0 Å². The molecule has 2 aromatic carbocycles. The van der Waals surface area contributed by atoms with Gasteiger partial charge in [0.15, 0.2) is 23.0 Å². The molecule has 9 nitrogen and oxygen atoms in total. The number of ether oxygens (including phenoxy) is 4. The normalized spacial score (nSPS) is 11.7. The summed E-state index contributed by atoms with van der Waals surface area (Å²) in [5.41, 5.74) is 0.427. The van der Waals surface area contributed by atoms with Gasteiger partial charge in [-0.15, -0.1) is 0 Å². The summed E-state index contributed by atoms with van der Waals surface area (Å²) < 4.78 is 21.5. The van der Waals surface area contributed by atoms with E-state index in [-0.39, 0.29) is 27.2 Å². The highest BCUT2D eigenvalue weighted by atomic mass is 35.5. The van der Waals surface area contributed by atoms with Crippen LogP contribution in [0.5, 0.6) is 23.0 Å². The van der Waals surface area contributed by atoms with Gasteiger partial charge >= 0.3 is 0 Å². The molecule has 33 heavy (non-hydrogen) atoms. The minimum absolute atomic E-state index is 0.149. The summed E-state index contributed by atoms with van der Waals surface area (Å²) in [5.74, 6) is 0.0863. The lowest BCUT2D eigenvalue weighted by atomic mass is 10.2. The Hall–Kier alpha value is -3.04. The number of ketones is 1. The van der Waals surface area contributed by atoms with Crippen molar-refractivity contribution < 1.29 is 28.5 Å². The van der Waals surface area contributed by atoms with Crippen molar-refractivity contribution in [3.05, 3.63) is 34.3 Å². The predicted molar refractivity (Wildman–Crippen MR) is 126 cm³/mol. The molecule has 0 fully saturated rings. The maximum atomic E-state index is 12.8. The van der Waals surface area contributed by atoms with Crippen molar-refractivity contribution in [3.63, 3.8) is 0 Å². The van der Waals surface area contributed by atoms with Gasteiger partial charge in [0.05, 0.1) is 38.1 Å². The predicted octanol–water partition coefficient (Wildman–Crippen LogP) is 5.49. The van der Waals surface area contributed by atoms with E-state index in [1.54, 1.807) is 19.1 Å². The fourth-order valence-electron chi connectivity index (χ4n) is 2.78. The number of nitrogens with one attached hydrogen (secondary N) is 1. The van der Waals surface area contributed by atoms with Crippen molar-refractivity contribution in [2.45, 2.75) is 26.8 Å². The minimum atomic E-state index is -1.45. The first-order valence-corrected chi connectivity index (χ1v) is 10.7. The summed E-state index contributed by atoms with van der Waals surface area (Å²) >= 11 is 12.6. The van der Waals surface area contributed by atoms with Crippen LogP contribution in [0.1, 0.15) is 20.8 Å². The fourth-order valence-corrected chi connectivity index (χ4v) is 3.31. The number of carbonyl (C=O) groups is 2. The first kappa shape index (κ1) is 26.2. The number of amides is 1. The van der Waals surface area contributed by atoms with E-state index in [0.717, 1.165) is 0 Å². The molecule has 1 unspecified atom stereocenters. The average Bonchev–Trinajstić information content (AvgIpc) is 2.77. The Kier molecular flexibility index (Phi) is 9.74. The second-order valence-corrected chi connectivity index (χ2v) is 7.29. The van der Waals surface area contributed by atoms with Crippen molar-refractivity contribution in [2.24, 2.45) is 10.2 Å². The third kappa shape index (κ3) is 6.49. The molecule has 178 valence electrons. The molecule has 0 radical (unpaired) electrons. The third-order valence-corrected chi connectivity index (χ3v) is 4.90. The Labute approximate surface area is 202 Å². The Bertz CT molecular complexity index is 1050.